The average Bonchev–Trinajstić information content (AvgIpc) is 2.63. The van der Waals surface area contributed by atoms with Gasteiger partial charge in [0.2, 0.25) is 11.8 Å². The Morgan fingerprint density at radius 2 is 1.57 bits per heavy atom. The van der Waals surface area contributed by atoms with Crippen LogP contribution < -0.4 is 5.32 Å². The van der Waals surface area contributed by atoms with Gasteiger partial charge in [0, 0.05) is 12.1 Å². The highest BCUT2D eigenvalue weighted by atomic mass is 16.2. The minimum atomic E-state index is -0.527. The zero-order valence-corrected chi connectivity index (χ0v) is 17.7. The fourth-order valence-electron chi connectivity index (χ4n) is 3.03. The molecule has 0 spiro atoms. The van der Waals surface area contributed by atoms with E-state index in [2.05, 4.69) is 5.32 Å². The molecule has 0 unspecified atom stereocenters. The molecule has 0 aromatic heterocycles. The lowest BCUT2D eigenvalue weighted by Gasteiger charge is -2.31. The van der Waals surface area contributed by atoms with Crippen LogP contribution in [0, 0.1) is 6.92 Å². The van der Waals surface area contributed by atoms with Crippen molar-refractivity contribution in [2.45, 2.75) is 59.0 Å². The number of aryl methyl sites for hydroxylation is 1. The van der Waals surface area contributed by atoms with Gasteiger partial charge in [0.05, 0.1) is 6.42 Å². The zero-order valence-electron chi connectivity index (χ0n) is 17.7. The van der Waals surface area contributed by atoms with Crippen LogP contribution in [0.3, 0.4) is 0 Å². The first-order valence-corrected chi connectivity index (χ1v) is 9.87. The Labute approximate surface area is 169 Å². The Bertz CT molecular complexity index is 777. The lowest BCUT2D eigenvalue weighted by molar-refractivity contribution is -0.140. The van der Waals surface area contributed by atoms with Crippen LogP contribution in [0.1, 0.15) is 44.4 Å². The summed E-state index contributed by atoms with van der Waals surface area (Å²) in [5.74, 6) is -0.158. The first kappa shape index (κ1) is 21.7. The summed E-state index contributed by atoms with van der Waals surface area (Å²) in [5.41, 5.74) is 2.94. The van der Waals surface area contributed by atoms with Gasteiger partial charge in [-0.25, -0.2) is 0 Å². The van der Waals surface area contributed by atoms with Gasteiger partial charge in [-0.15, -0.1) is 0 Å². The SMILES string of the molecule is Cc1ccc(CC(=O)N(CCc2ccccc2)[C@@H](C)C(=O)NC(C)(C)C)cc1. The van der Waals surface area contributed by atoms with Crippen molar-refractivity contribution in [3.63, 3.8) is 0 Å². The largest absolute Gasteiger partial charge is 0.350 e. The maximum absolute atomic E-state index is 13.1. The lowest BCUT2D eigenvalue weighted by Crippen LogP contribution is -2.53. The highest BCUT2D eigenvalue weighted by Crippen LogP contribution is 2.12. The summed E-state index contributed by atoms with van der Waals surface area (Å²) >= 11 is 0. The van der Waals surface area contributed by atoms with Gasteiger partial charge < -0.3 is 10.2 Å². The second-order valence-electron chi connectivity index (χ2n) is 8.40. The molecule has 0 saturated heterocycles. The number of carbonyl (C=O) groups excluding carboxylic acids is 2. The van der Waals surface area contributed by atoms with Crippen LogP contribution in [0.15, 0.2) is 54.6 Å². The van der Waals surface area contributed by atoms with Gasteiger partial charge in [-0.2, -0.15) is 0 Å². The fraction of sp³-hybridized carbons (Fsp3) is 0.417. The van der Waals surface area contributed by atoms with Gasteiger partial charge in [0.15, 0.2) is 0 Å². The molecular weight excluding hydrogens is 348 g/mol. The maximum Gasteiger partial charge on any atom is 0.242 e. The predicted octanol–water partition coefficient (Wildman–Crippen LogP) is 3.91. The van der Waals surface area contributed by atoms with Crippen LogP contribution in [0.4, 0.5) is 0 Å². The molecule has 0 radical (unpaired) electrons. The van der Waals surface area contributed by atoms with Crippen molar-refractivity contribution in [2.24, 2.45) is 0 Å². The molecule has 0 aliphatic heterocycles. The average molecular weight is 381 g/mol. The molecule has 0 saturated carbocycles. The molecular formula is C24H32N2O2. The number of amides is 2. The third-order valence-electron chi connectivity index (χ3n) is 4.63. The van der Waals surface area contributed by atoms with E-state index in [1.807, 2.05) is 82.3 Å². The van der Waals surface area contributed by atoms with Crippen LogP contribution in [-0.2, 0) is 22.4 Å². The summed E-state index contributed by atoms with van der Waals surface area (Å²) in [6.07, 6.45) is 1.01. The Morgan fingerprint density at radius 1 is 0.964 bits per heavy atom. The molecule has 150 valence electrons. The van der Waals surface area contributed by atoms with Crippen molar-refractivity contribution in [1.82, 2.24) is 10.2 Å². The summed E-state index contributed by atoms with van der Waals surface area (Å²) in [4.78, 5) is 27.5. The number of nitrogens with zero attached hydrogens (tertiary/aromatic N) is 1. The van der Waals surface area contributed by atoms with Crippen LogP contribution in [0.2, 0.25) is 0 Å². The molecule has 0 aliphatic carbocycles. The highest BCUT2D eigenvalue weighted by molar-refractivity contribution is 5.88. The third-order valence-corrected chi connectivity index (χ3v) is 4.63. The van der Waals surface area contributed by atoms with Crippen LogP contribution in [0.25, 0.3) is 0 Å². The van der Waals surface area contributed by atoms with Gasteiger partial charge in [-0.05, 0) is 52.2 Å². The van der Waals surface area contributed by atoms with E-state index in [1.54, 1.807) is 11.8 Å². The second kappa shape index (κ2) is 9.54. The molecule has 2 amide bonds. The molecule has 0 fully saturated rings. The Hall–Kier alpha value is -2.62. The minimum Gasteiger partial charge on any atom is -0.350 e. The summed E-state index contributed by atoms with van der Waals surface area (Å²) in [6.45, 7) is 10.2. The van der Waals surface area contributed by atoms with E-state index in [4.69, 9.17) is 0 Å². The summed E-state index contributed by atoms with van der Waals surface area (Å²) in [7, 11) is 0. The van der Waals surface area contributed by atoms with E-state index in [0.717, 1.165) is 16.7 Å². The molecule has 0 bridgehead atoms. The second-order valence-corrected chi connectivity index (χ2v) is 8.40. The summed E-state index contributed by atoms with van der Waals surface area (Å²) in [5, 5.41) is 2.99. The first-order chi connectivity index (χ1) is 13.2. The van der Waals surface area contributed by atoms with E-state index in [-0.39, 0.29) is 17.4 Å². The zero-order chi connectivity index (χ0) is 20.7. The van der Waals surface area contributed by atoms with Gasteiger partial charge >= 0.3 is 0 Å². The predicted molar refractivity (Wildman–Crippen MR) is 114 cm³/mol. The van der Waals surface area contributed by atoms with Crippen molar-refractivity contribution in [3.8, 4) is 0 Å². The molecule has 1 atom stereocenters. The number of benzene rings is 2. The summed E-state index contributed by atoms with van der Waals surface area (Å²) < 4.78 is 0. The molecule has 4 nitrogen and oxygen atoms in total. The normalized spacial score (nSPS) is 12.3. The summed E-state index contributed by atoms with van der Waals surface area (Å²) in [6, 6.07) is 17.5. The van der Waals surface area contributed by atoms with Crippen molar-refractivity contribution >= 4 is 11.8 Å². The highest BCUT2D eigenvalue weighted by Gasteiger charge is 2.28. The molecule has 2 aromatic rings. The number of rotatable bonds is 7. The van der Waals surface area contributed by atoms with Crippen LogP contribution >= 0.6 is 0 Å². The molecule has 4 heteroatoms. The van der Waals surface area contributed by atoms with Crippen molar-refractivity contribution in [3.05, 3.63) is 71.3 Å². The van der Waals surface area contributed by atoms with Gasteiger partial charge in [0.1, 0.15) is 6.04 Å². The number of hydrogen-bond donors (Lipinski definition) is 1. The monoisotopic (exact) mass is 380 g/mol. The molecule has 0 heterocycles. The number of carbonyl (C=O) groups is 2. The Balaban J connectivity index is 2.14. The van der Waals surface area contributed by atoms with E-state index in [0.29, 0.717) is 19.4 Å². The maximum atomic E-state index is 13.1. The standard InChI is InChI=1S/C24H32N2O2/c1-18-11-13-21(14-12-18)17-22(27)26(16-15-20-9-7-6-8-10-20)19(2)23(28)25-24(3,4)5/h6-14,19H,15-17H2,1-5H3,(H,25,28)/t19-/m0/s1. The van der Waals surface area contributed by atoms with Crippen molar-refractivity contribution < 1.29 is 9.59 Å². The number of hydrogen-bond acceptors (Lipinski definition) is 2. The smallest absolute Gasteiger partial charge is 0.242 e. The minimum absolute atomic E-state index is 0.0312. The quantitative estimate of drug-likeness (QED) is 0.792. The molecule has 2 aromatic carbocycles. The third kappa shape index (κ3) is 6.84. The van der Waals surface area contributed by atoms with Crippen LogP contribution in [0.5, 0.6) is 0 Å². The van der Waals surface area contributed by atoms with E-state index in [1.165, 1.54) is 0 Å². The van der Waals surface area contributed by atoms with Crippen LogP contribution in [-0.4, -0.2) is 34.8 Å². The lowest BCUT2D eigenvalue weighted by atomic mass is 10.1. The molecule has 28 heavy (non-hydrogen) atoms. The van der Waals surface area contributed by atoms with E-state index < -0.39 is 6.04 Å². The number of nitrogens with one attached hydrogen (secondary N) is 1. The molecule has 1 N–H and O–H groups in total. The topological polar surface area (TPSA) is 49.4 Å². The first-order valence-electron chi connectivity index (χ1n) is 9.87. The van der Waals surface area contributed by atoms with Gasteiger partial charge in [0.25, 0.3) is 0 Å². The van der Waals surface area contributed by atoms with Crippen molar-refractivity contribution in [2.75, 3.05) is 6.54 Å². The Kier molecular flexibility index (Phi) is 7.38. The van der Waals surface area contributed by atoms with E-state index in [9.17, 15) is 9.59 Å². The Morgan fingerprint density at radius 3 is 2.14 bits per heavy atom. The fourth-order valence-corrected chi connectivity index (χ4v) is 3.03. The van der Waals surface area contributed by atoms with Gasteiger partial charge in [-0.3, -0.25) is 9.59 Å². The van der Waals surface area contributed by atoms with Gasteiger partial charge in [-0.1, -0.05) is 60.2 Å². The van der Waals surface area contributed by atoms with E-state index >= 15 is 0 Å². The van der Waals surface area contributed by atoms with Crippen molar-refractivity contribution in [1.29, 1.82) is 0 Å². The molecule has 0 aliphatic rings. The molecule has 2 rings (SSSR count).